The Balaban J connectivity index is 0.878. The molecule has 6 rings (SSSR count). The van der Waals surface area contributed by atoms with E-state index < -0.39 is 0 Å². The molecule has 1 atom stereocenters. The molecule has 2 aromatic rings. The lowest BCUT2D eigenvalue weighted by atomic mass is 9.84. The molecule has 2 fully saturated rings. The van der Waals surface area contributed by atoms with Gasteiger partial charge in [0, 0.05) is 38.6 Å². The van der Waals surface area contributed by atoms with Crippen LogP contribution >= 0.6 is 0 Å². The summed E-state index contributed by atoms with van der Waals surface area (Å²) >= 11 is 0. The maximum absolute atomic E-state index is 12.5. The number of alkyl carbamates (subject to hydrolysis) is 1. The van der Waals surface area contributed by atoms with E-state index in [1.165, 1.54) is 6.42 Å². The summed E-state index contributed by atoms with van der Waals surface area (Å²) in [4.78, 5) is 17.5. The van der Waals surface area contributed by atoms with E-state index in [1.54, 1.807) is 0 Å². The highest BCUT2D eigenvalue weighted by Crippen LogP contribution is 2.41. The van der Waals surface area contributed by atoms with E-state index in [-0.39, 0.29) is 18.2 Å². The maximum Gasteiger partial charge on any atom is 0.407 e. The SMILES string of the molecule is O=C(N[C@H]1CC[C@H](CCN2CCN(c3cccc4c3OCO4)CC2)CC1)OC1COc2ccccc2C1. The van der Waals surface area contributed by atoms with E-state index in [1.807, 2.05) is 36.4 Å². The molecule has 0 radical (unpaired) electrons. The summed E-state index contributed by atoms with van der Waals surface area (Å²) in [6, 6.07) is 14.3. The number of nitrogens with one attached hydrogen (secondary N) is 1. The minimum absolute atomic E-state index is 0.211. The molecule has 8 nitrogen and oxygen atoms in total. The van der Waals surface area contributed by atoms with Crippen molar-refractivity contribution < 1.29 is 23.7 Å². The fourth-order valence-corrected chi connectivity index (χ4v) is 6.06. The summed E-state index contributed by atoms with van der Waals surface area (Å²) in [5.41, 5.74) is 2.25. The number of hydrogen-bond donors (Lipinski definition) is 1. The largest absolute Gasteiger partial charge is 0.489 e. The molecule has 3 aliphatic heterocycles. The predicted octanol–water partition coefficient (Wildman–Crippen LogP) is 4.22. The fourth-order valence-electron chi connectivity index (χ4n) is 6.06. The summed E-state index contributed by atoms with van der Waals surface area (Å²) < 4.78 is 22.7. The van der Waals surface area contributed by atoms with E-state index in [0.717, 1.165) is 92.8 Å². The van der Waals surface area contributed by atoms with Crippen LogP contribution in [0.5, 0.6) is 17.2 Å². The average molecular weight is 508 g/mol. The van der Waals surface area contributed by atoms with Gasteiger partial charge in [0.05, 0.1) is 5.69 Å². The van der Waals surface area contributed by atoms with E-state index in [9.17, 15) is 4.79 Å². The van der Waals surface area contributed by atoms with Crippen molar-refractivity contribution in [2.45, 2.75) is 50.7 Å². The first kappa shape index (κ1) is 24.2. The van der Waals surface area contributed by atoms with Crippen LogP contribution < -0.4 is 24.4 Å². The quantitative estimate of drug-likeness (QED) is 0.628. The first-order valence-corrected chi connectivity index (χ1v) is 13.7. The van der Waals surface area contributed by atoms with Crippen molar-refractivity contribution in [3.05, 3.63) is 48.0 Å². The summed E-state index contributed by atoms with van der Waals surface area (Å²) in [5.74, 6) is 3.37. The Kier molecular flexibility index (Phi) is 7.26. The van der Waals surface area contributed by atoms with Crippen molar-refractivity contribution in [2.75, 3.05) is 51.0 Å². The zero-order valence-electron chi connectivity index (χ0n) is 21.4. The number of piperazine rings is 1. The molecular formula is C29H37N3O5. The van der Waals surface area contributed by atoms with Crippen LogP contribution in [0, 0.1) is 5.92 Å². The molecule has 0 spiro atoms. The van der Waals surface area contributed by atoms with Gasteiger partial charge in [-0.15, -0.1) is 0 Å². The molecule has 2 aromatic carbocycles. The Bertz CT molecular complexity index is 1080. The molecular weight excluding hydrogens is 470 g/mol. The molecule has 1 aliphatic carbocycles. The minimum Gasteiger partial charge on any atom is -0.489 e. The third-order valence-corrected chi connectivity index (χ3v) is 8.23. The lowest BCUT2D eigenvalue weighted by Gasteiger charge is -2.37. The smallest absolute Gasteiger partial charge is 0.407 e. The van der Waals surface area contributed by atoms with E-state index >= 15 is 0 Å². The summed E-state index contributed by atoms with van der Waals surface area (Å²) in [5, 5.41) is 3.10. The first-order valence-electron chi connectivity index (χ1n) is 13.7. The van der Waals surface area contributed by atoms with Crippen LogP contribution in [0.1, 0.15) is 37.7 Å². The fraction of sp³-hybridized carbons (Fsp3) is 0.552. The molecule has 0 bridgehead atoms. The first-order chi connectivity index (χ1) is 18.2. The van der Waals surface area contributed by atoms with Crippen LogP contribution in [0.4, 0.5) is 10.5 Å². The minimum atomic E-state index is -0.310. The van der Waals surface area contributed by atoms with Crippen molar-refractivity contribution >= 4 is 11.8 Å². The van der Waals surface area contributed by atoms with Crippen LogP contribution in [-0.4, -0.2) is 69.3 Å². The highest BCUT2D eigenvalue weighted by atomic mass is 16.7. The molecule has 4 aliphatic rings. The molecule has 8 heteroatoms. The number of benzene rings is 2. The number of para-hydroxylation sites is 2. The van der Waals surface area contributed by atoms with Crippen LogP contribution in [0.3, 0.4) is 0 Å². The Morgan fingerprint density at radius 2 is 1.73 bits per heavy atom. The van der Waals surface area contributed by atoms with Crippen molar-refractivity contribution in [1.29, 1.82) is 0 Å². The number of ether oxygens (including phenoxy) is 4. The summed E-state index contributed by atoms with van der Waals surface area (Å²) in [6.45, 7) is 6.04. The average Bonchev–Trinajstić information content (AvgIpc) is 3.42. The Hall–Kier alpha value is -3.13. The molecule has 1 amide bonds. The second kappa shape index (κ2) is 11.1. The van der Waals surface area contributed by atoms with E-state index in [2.05, 4.69) is 21.2 Å². The molecule has 3 heterocycles. The predicted molar refractivity (Wildman–Crippen MR) is 141 cm³/mol. The normalized spacial score (nSPS) is 25.2. The monoisotopic (exact) mass is 507 g/mol. The Morgan fingerprint density at radius 1 is 0.919 bits per heavy atom. The van der Waals surface area contributed by atoms with Gasteiger partial charge in [-0.3, -0.25) is 4.90 Å². The van der Waals surface area contributed by atoms with E-state index in [4.69, 9.17) is 18.9 Å². The van der Waals surface area contributed by atoms with Gasteiger partial charge >= 0.3 is 6.09 Å². The number of carbonyl (C=O) groups is 1. The van der Waals surface area contributed by atoms with Crippen molar-refractivity contribution in [1.82, 2.24) is 10.2 Å². The summed E-state index contributed by atoms with van der Waals surface area (Å²) in [7, 11) is 0. The number of nitrogens with zero attached hydrogens (tertiary/aromatic N) is 2. The third kappa shape index (κ3) is 5.74. The molecule has 0 aromatic heterocycles. The molecule has 1 saturated heterocycles. The standard InChI is InChI=1S/C29H37N3O5/c33-29(37-24-18-22-4-1-2-6-26(22)34-19-24)30-23-10-8-21(9-11-23)12-13-31-14-16-32(17-15-31)25-5-3-7-27-28(25)36-20-35-27/h1-7,21,23-24H,8-20H2,(H,30,33)/t21-,23-,24?. The van der Waals surface area contributed by atoms with Gasteiger partial charge in [-0.05, 0) is 68.3 Å². The van der Waals surface area contributed by atoms with Crippen molar-refractivity contribution in [3.63, 3.8) is 0 Å². The number of anilines is 1. The third-order valence-electron chi connectivity index (χ3n) is 8.23. The number of rotatable bonds is 6. The maximum atomic E-state index is 12.5. The molecule has 1 N–H and O–H groups in total. The Labute approximate surface area is 218 Å². The zero-order valence-corrected chi connectivity index (χ0v) is 21.4. The van der Waals surface area contributed by atoms with Crippen LogP contribution in [0.2, 0.25) is 0 Å². The van der Waals surface area contributed by atoms with Crippen LogP contribution in [0.25, 0.3) is 0 Å². The van der Waals surface area contributed by atoms with Crippen molar-refractivity contribution in [3.8, 4) is 17.2 Å². The van der Waals surface area contributed by atoms with Gasteiger partial charge in [-0.2, -0.15) is 0 Å². The van der Waals surface area contributed by atoms with Gasteiger partial charge in [0.15, 0.2) is 11.5 Å². The van der Waals surface area contributed by atoms with Crippen molar-refractivity contribution in [2.24, 2.45) is 5.92 Å². The van der Waals surface area contributed by atoms with Gasteiger partial charge in [-0.1, -0.05) is 24.3 Å². The second-order valence-electron chi connectivity index (χ2n) is 10.6. The lowest BCUT2D eigenvalue weighted by Crippen LogP contribution is -2.47. The zero-order chi connectivity index (χ0) is 25.0. The van der Waals surface area contributed by atoms with Gasteiger partial charge in [0.2, 0.25) is 6.79 Å². The van der Waals surface area contributed by atoms with Crippen LogP contribution in [0.15, 0.2) is 42.5 Å². The van der Waals surface area contributed by atoms with E-state index in [0.29, 0.717) is 19.8 Å². The summed E-state index contributed by atoms with van der Waals surface area (Å²) in [6.07, 6.45) is 5.79. The molecule has 1 unspecified atom stereocenters. The van der Waals surface area contributed by atoms with Gasteiger partial charge in [0.1, 0.15) is 18.5 Å². The number of fused-ring (bicyclic) bond motifs is 2. The number of carbonyl (C=O) groups excluding carboxylic acids is 1. The molecule has 198 valence electrons. The highest BCUT2D eigenvalue weighted by Gasteiger charge is 2.28. The van der Waals surface area contributed by atoms with Gasteiger partial charge in [0.25, 0.3) is 0 Å². The lowest BCUT2D eigenvalue weighted by molar-refractivity contribution is 0.0522. The topological polar surface area (TPSA) is 72.5 Å². The number of amides is 1. The van der Waals surface area contributed by atoms with Crippen LogP contribution in [-0.2, 0) is 11.2 Å². The number of hydrogen-bond acceptors (Lipinski definition) is 7. The Morgan fingerprint density at radius 3 is 2.59 bits per heavy atom. The van der Waals surface area contributed by atoms with Gasteiger partial charge < -0.3 is 29.2 Å². The highest BCUT2D eigenvalue weighted by molar-refractivity contribution is 5.68. The second-order valence-corrected chi connectivity index (χ2v) is 10.6. The molecule has 1 saturated carbocycles. The molecule has 37 heavy (non-hydrogen) atoms. The van der Waals surface area contributed by atoms with Gasteiger partial charge in [-0.25, -0.2) is 4.79 Å².